The number of amides is 1. The smallest absolute Gasteiger partial charge is 0.266 e. The molecule has 0 spiro atoms. The minimum atomic E-state index is -0.0946. The Kier molecular flexibility index (Phi) is 5.31. The normalized spacial score (nSPS) is 16.5. The molecule has 7 heteroatoms. The number of thiocarbonyl (C=S) groups is 1. The summed E-state index contributed by atoms with van der Waals surface area (Å²) in [4.78, 5) is 14.5. The zero-order valence-electron chi connectivity index (χ0n) is 12.6. The molecule has 118 valence electrons. The van der Waals surface area contributed by atoms with E-state index in [0.717, 1.165) is 6.42 Å². The van der Waals surface area contributed by atoms with Gasteiger partial charge in [0.2, 0.25) is 5.75 Å². The lowest BCUT2D eigenvalue weighted by Gasteiger charge is -2.12. The van der Waals surface area contributed by atoms with Crippen LogP contribution in [-0.2, 0) is 4.79 Å². The molecule has 1 amide bonds. The van der Waals surface area contributed by atoms with E-state index in [9.17, 15) is 9.90 Å². The predicted octanol–water partition coefficient (Wildman–Crippen LogP) is 3.02. The van der Waals surface area contributed by atoms with Crippen LogP contribution in [0.4, 0.5) is 0 Å². The number of phenols is 1. The predicted molar refractivity (Wildman–Crippen MR) is 91.4 cm³/mol. The largest absolute Gasteiger partial charge is 0.502 e. The molecule has 1 aromatic carbocycles. The Morgan fingerprint density at radius 2 is 1.91 bits per heavy atom. The Morgan fingerprint density at radius 3 is 2.41 bits per heavy atom. The number of benzene rings is 1. The van der Waals surface area contributed by atoms with E-state index in [1.165, 1.54) is 26.0 Å². The van der Waals surface area contributed by atoms with Crippen LogP contribution in [0.1, 0.15) is 18.9 Å². The van der Waals surface area contributed by atoms with Crippen molar-refractivity contribution in [2.24, 2.45) is 0 Å². The molecule has 0 bridgehead atoms. The van der Waals surface area contributed by atoms with Gasteiger partial charge < -0.3 is 14.6 Å². The average Bonchev–Trinajstić information content (AvgIpc) is 2.76. The van der Waals surface area contributed by atoms with Crippen LogP contribution in [0.5, 0.6) is 17.2 Å². The summed E-state index contributed by atoms with van der Waals surface area (Å²) in [6, 6.07) is 3.29. The van der Waals surface area contributed by atoms with Gasteiger partial charge in [0.05, 0.1) is 19.1 Å². The topological polar surface area (TPSA) is 59.0 Å². The van der Waals surface area contributed by atoms with Gasteiger partial charge in [0.1, 0.15) is 4.32 Å². The van der Waals surface area contributed by atoms with Crippen LogP contribution in [0.3, 0.4) is 0 Å². The van der Waals surface area contributed by atoms with Crippen LogP contribution in [-0.4, -0.2) is 41.0 Å². The summed E-state index contributed by atoms with van der Waals surface area (Å²) in [5.41, 5.74) is 0.698. The van der Waals surface area contributed by atoms with E-state index < -0.39 is 0 Å². The molecule has 2 rings (SSSR count). The van der Waals surface area contributed by atoms with Crippen LogP contribution >= 0.6 is 24.0 Å². The Balaban J connectivity index is 2.37. The summed E-state index contributed by atoms with van der Waals surface area (Å²) in [6.45, 7) is 2.61. The SMILES string of the molecule is CCCN1C(=O)/C(=C/c2cc(OC)c(O)c(OC)c2)SC1=S. The standard InChI is InChI=1S/C15H17NO4S2/c1-4-5-16-14(18)12(22-15(16)21)8-9-6-10(19-2)13(17)11(7-9)20-3/h6-8,17H,4-5H2,1-3H3/b12-8-. The first-order valence-electron chi connectivity index (χ1n) is 6.72. The molecule has 0 atom stereocenters. The van der Waals surface area contributed by atoms with E-state index in [2.05, 4.69) is 0 Å². The fraction of sp³-hybridized carbons (Fsp3) is 0.333. The highest BCUT2D eigenvalue weighted by atomic mass is 32.2. The molecule has 0 aliphatic carbocycles. The highest BCUT2D eigenvalue weighted by Crippen LogP contribution is 2.39. The number of rotatable bonds is 5. The zero-order valence-corrected chi connectivity index (χ0v) is 14.2. The lowest BCUT2D eigenvalue weighted by molar-refractivity contribution is -0.122. The van der Waals surface area contributed by atoms with E-state index in [-0.39, 0.29) is 23.2 Å². The van der Waals surface area contributed by atoms with E-state index >= 15 is 0 Å². The van der Waals surface area contributed by atoms with Crippen molar-refractivity contribution in [3.05, 3.63) is 22.6 Å². The van der Waals surface area contributed by atoms with Gasteiger partial charge in [-0.15, -0.1) is 0 Å². The minimum Gasteiger partial charge on any atom is -0.502 e. The van der Waals surface area contributed by atoms with Crippen LogP contribution in [0.15, 0.2) is 17.0 Å². The second kappa shape index (κ2) is 7.02. The minimum absolute atomic E-state index is 0.0688. The van der Waals surface area contributed by atoms with E-state index in [1.54, 1.807) is 23.1 Å². The summed E-state index contributed by atoms with van der Waals surface area (Å²) in [5, 5.41) is 9.91. The molecule has 0 aromatic heterocycles. The van der Waals surface area contributed by atoms with Gasteiger partial charge in [-0.05, 0) is 30.2 Å². The third kappa shape index (κ3) is 3.20. The van der Waals surface area contributed by atoms with Crippen LogP contribution in [0, 0.1) is 0 Å². The fourth-order valence-electron chi connectivity index (χ4n) is 2.06. The monoisotopic (exact) mass is 339 g/mol. The molecule has 1 heterocycles. The number of hydrogen-bond acceptors (Lipinski definition) is 6. The van der Waals surface area contributed by atoms with Crippen LogP contribution in [0.2, 0.25) is 0 Å². The lowest BCUT2D eigenvalue weighted by atomic mass is 10.1. The number of carbonyl (C=O) groups is 1. The first-order chi connectivity index (χ1) is 10.5. The van der Waals surface area contributed by atoms with Crippen molar-refractivity contribution in [1.82, 2.24) is 4.90 Å². The number of hydrogen-bond donors (Lipinski definition) is 1. The molecule has 0 radical (unpaired) electrons. The van der Waals surface area contributed by atoms with Crippen molar-refractivity contribution >= 4 is 40.3 Å². The second-order valence-corrected chi connectivity index (χ2v) is 6.28. The average molecular weight is 339 g/mol. The molecule has 1 aromatic rings. The highest BCUT2D eigenvalue weighted by Gasteiger charge is 2.31. The van der Waals surface area contributed by atoms with E-state index in [4.69, 9.17) is 21.7 Å². The van der Waals surface area contributed by atoms with Crippen molar-refractivity contribution in [2.45, 2.75) is 13.3 Å². The number of methoxy groups -OCH3 is 2. The van der Waals surface area contributed by atoms with Crippen molar-refractivity contribution in [3.63, 3.8) is 0 Å². The van der Waals surface area contributed by atoms with Crippen molar-refractivity contribution in [2.75, 3.05) is 20.8 Å². The van der Waals surface area contributed by atoms with Gasteiger partial charge in [0.25, 0.3) is 5.91 Å². The van der Waals surface area contributed by atoms with Gasteiger partial charge in [-0.1, -0.05) is 30.9 Å². The van der Waals surface area contributed by atoms with Crippen molar-refractivity contribution < 1.29 is 19.4 Å². The molecular formula is C15H17NO4S2. The van der Waals surface area contributed by atoms with E-state index in [0.29, 0.717) is 21.3 Å². The number of nitrogens with zero attached hydrogens (tertiary/aromatic N) is 1. The number of aromatic hydroxyl groups is 1. The summed E-state index contributed by atoms with van der Waals surface area (Å²) in [7, 11) is 2.91. The lowest BCUT2D eigenvalue weighted by Crippen LogP contribution is -2.28. The first-order valence-corrected chi connectivity index (χ1v) is 7.94. The van der Waals surface area contributed by atoms with E-state index in [1.807, 2.05) is 6.92 Å². The Bertz CT molecular complexity index is 617. The van der Waals surface area contributed by atoms with Crippen LogP contribution in [0.25, 0.3) is 6.08 Å². The number of carbonyl (C=O) groups excluding carboxylic acids is 1. The number of ether oxygens (including phenoxy) is 2. The maximum absolute atomic E-state index is 12.3. The van der Waals surface area contributed by atoms with Crippen LogP contribution < -0.4 is 9.47 Å². The van der Waals surface area contributed by atoms with Gasteiger partial charge in [-0.3, -0.25) is 9.69 Å². The molecule has 1 N–H and O–H groups in total. The summed E-state index contributed by atoms with van der Waals surface area (Å²) in [5.74, 6) is 0.410. The number of thioether (sulfide) groups is 1. The third-order valence-corrected chi connectivity index (χ3v) is 4.50. The molecule has 1 fully saturated rings. The maximum atomic E-state index is 12.3. The van der Waals surface area contributed by atoms with Gasteiger partial charge in [0, 0.05) is 6.54 Å². The van der Waals surface area contributed by atoms with Gasteiger partial charge >= 0.3 is 0 Å². The Morgan fingerprint density at radius 1 is 1.32 bits per heavy atom. The first kappa shape index (κ1) is 16.6. The highest BCUT2D eigenvalue weighted by molar-refractivity contribution is 8.26. The Hall–Kier alpha value is -1.73. The third-order valence-electron chi connectivity index (χ3n) is 3.12. The zero-order chi connectivity index (χ0) is 16.3. The van der Waals surface area contributed by atoms with Gasteiger partial charge in [0.15, 0.2) is 11.5 Å². The molecule has 1 saturated heterocycles. The molecule has 1 aliphatic rings. The van der Waals surface area contributed by atoms with Crippen molar-refractivity contribution in [1.29, 1.82) is 0 Å². The molecule has 5 nitrogen and oxygen atoms in total. The summed E-state index contributed by atoms with van der Waals surface area (Å²) < 4.78 is 10.8. The van der Waals surface area contributed by atoms with Gasteiger partial charge in [-0.25, -0.2) is 0 Å². The summed E-state index contributed by atoms with van der Waals surface area (Å²) in [6.07, 6.45) is 2.57. The number of phenolic OH excluding ortho intramolecular Hbond substituents is 1. The second-order valence-electron chi connectivity index (χ2n) is 4.61. The Labute approximate surface area is 138 Å². The quantitative estimate of drug-likeness (QED) is 0.657. The fourth-order valence-corrected chi connectivity index (χ4v) is 3.37. The summed E-state index contributed by atoms with van der Waals surface area (Å²) >= 11 is 6.50. The molecule has 1 aliphatic heterocycles. The molecule has 0 unspecified atom stereocenters. The molecular weight excluding hydrogens is 322 g/mol. The molecule has 22 heavy (non-hydrogen) atoms. The molecule has 0 saturated carbocycles. The van der Waals surface area contributed by atoms with Gasteiger partial charge in [-0.2, -0.15) is 0 Å². The van der Waals surface area contributed by atoms with Crippen molar-refractivity contribution in [3.8, 4) is 17.2 Å². The maximum Gasteiger partial charge on any atom is 0.266 e.